The number of carboxylic acid groups (broad SMARTS) is 1. The number of hydrogen-bond acceptors (Lipinski definition) is 5. The first-order chi connectivity index (χ1) is 7.56. The van der Waals surface area contributed by atoms with Crippen molar-refractivity contribution in [3.05, 3.63) is 0 Å². The van der Waals surface area contributed by atoms with E-state index in [-0.39, 0.29) is 12.8 Å². The molecule has 9 heteroatoms. The van der Waals surface area contributed by atoms with E-state index in [1.807, 2.05) is 0 Å². The quantitative estimate of drug-likeness (QED) is 0.643. The Balaban J connectivity index is 2.70. The van der Waals surface area contributed by atoms with Crippen molar-refractivity contribution in [2.75, 3.05) is 17.8 Å². The largest absolute Gasteiger partial charge is 0.480 e. The Labute approximate surface area is 100 Å². The van der Waals surface area contributed by atoms with Gasteiger partial charge >= 0.3 is 5.97 Å². The SMILES string of the molecule is CS(=O)(=O)CCS(=O)(=O)NC1(C(=O)O)CCC1. The molecule has 0 saturated heterocycles. The normalized spacial score (nSPS) is 19.6. The van der Waals surface area contributed by atoms with Gasteiger partial charge in [0.25, 0.3) is 0 Å². The molecule has 0 aromatic heterocycles. The Hall–Kier alpha value is -0.670. The minimum atomic E-state index is -3.89. The number of hydrogen-bond donors (Lipinski definition) is 2. The van der Waals surface area contributed by atoms with Crippen LogP contribution in [0, 0.1) is 0 Å². The molecule has 2 N–H and O–H groups in total. The topological polar surface area (TPSA) is 118 Å². The molecule has 0 unspecified atom stereocenters. The highest BCUT2D eigenvalue weighted by Gasteiger charge is 2.47. The molecule has 0 atom stereocenters. The molecule has 0 spiro atoms. The van der Waals surface area contributed by atoms with Gasteiger partial charge in [-0.15, -0.1) is 0 Å². The van der Waals surface area contributed by atoms with Crippen molar-refractivity contribution in [2.24, 2.45) is 0 Å². The minimum absolute atomic E-state index is 0.237. The third-order valence-electron chi connectivity index (χ3n) is 2.69. The van der Waals surface area contributed by atoms with Gasteiger partial charge in [0.1, 0.15) is 15.4 Å². The Morgan fingerprint density at radius 2 is 1.76 bits per heavy atom. The smallest absolute Gasteiger partial charge is 0.324 e. The summed E-state index contributed by atoms with van der Waals surface area (Å²) >= 11 is 0. The Morgan fingerprint density at radius 1 is 1.24 bits per heavy atom. The number of aliphatic carboxylic acids is 1. The number of sulfonamides is 1. The van der Waals surface area contributed by atoms with E-state index >= 15 is 0 Å². The number of nitrogens with one attached hydrogen (secondary N) is 1. The van der Waals surface area contributed by atoms with E-state index < -0.39 is 42.9 Å². The van der Waals surface area contributed by atoms with Crippen LogP contribution in [0.2, 0.25) is 0 Å². The molecule has 0 radical (unpaired) electrons. The first kappa shape index (κ1) is 14.4. The lowest BCUT2D eigenvalue weighted by molar-refractivity contribution is -0.147. The van der Waals surface area contributed by atoms with Crippen molar-refractivity contribution in [3.63, 3.8) is 0 Å². The first-order valence-electron chi connectivity index (χ1n) is 4.99. The summed E-state index contributed by atoms with van der Waals surface area (Å²) in [6.45, 7) is 0. The van der Waals surface area contributed by atoms with Crippen molar-refractivity contribution >= 4 is 25.8 Å². The van der Waals surface area contributed by atoms with Crippen LogP contribution in [0.25, 0.3) is 0 Å². The fraction of sp³-hybridized carbons (Fsp3) is 0.875. The van der Waals surface area contributed by atoms with Crippen LogP contribution < -0.4 is 4.72 Å². The summed E-state index contributed by atoms with van der Waals surface area (Å²) < 4.78 is 46.9. The van der Waals surface area contributed by atoms with Gasteiger partial charge in [-0.05, 0) is 19.3 Å². The monoisotopic (exact) mass is 285 g/mol. The maximum absolute atomic E-state index is 11.6. The third kappa shape index (κ3) is 3.93. The van der Waals surface area contributed by atoms with Crippen LogP contribution in [-0.4, -0.2) is 51.2 Å². The summed E-state index contributed by atoms with van der Waals surface area (Å²) in [5, 5.41) is 8.93. The predicted molar refractivity (Wildman–Crippen MR) is 60.9 cm³/mol. The van der Waals surface area contributed by atoms with E-state index in [0.717, 1.165) is 6.26 Å². The lowest BCUT2D eigenvalue weighted by Crippen LogP contribution is -2.59. The van der Waals surface area contributed by atoms with Crippen LogP contribution in [0.3, 0.4) is 0 Å². The van der Waals surface area contributed by atoms with Gasteiger partial charge in [0, 0.05) is 6.26 Å². The molecular weight excluding hydrogens is 270 g/mol. The summed E-state index contributed by atoms with van der Waals surface area (Å²) in [5.41, 5.74) is -1.43. The Kier molecular flexibility index (Phi) is 3.84. The molecule has 1 fully saturated rings. The first-order valence-corrected chi connectivity index (χ1v) is 8.70. The number of carbonyl (C=O) groups is 1. The Bertz CT molecular complexity index is 502. The van der Waals surface area contributed by atoms with E-state index in [4.69, 9.17) is 5.11 Å². The molecular formula is C8H15NO6S2. The predicted octanol–water partition coefficient (Wildman–Crippen LogP) is -1.04. The molecule has 0 heterocycles. The van der Waals surface area contributed by atoms with Crippen LogP contribution in [-0.2, 0) is 24.7 Å². The summed E-state index contributed by atoms with van der Waals surface area (Å²) in [6.07, 6.45) is 2.04. The summed E-state index contributed by atoms with van der Waals surface area (Å²) in [5.74, 6) is -2.34. The van der Waals surface area contributed by atoms with Gasteiger partial charge < -0.3 is 5.11 Å². The second-order valence-electron chi connectivity index (χ2n) is 4.29. The average Bonchev–Trinajstić information content (AvgIpc) is 2.07. The highest BCUT2D eigenvalue weighted by atomic mass is 32.2. The zero-order valence-corrected chi connectivity index (χ0v) is 11.0. The van der Waals surface area contributed by atoms with Gasteiger partial charge in [-0.3, -0.25) is 4.79 Å². The van der Waals surface area contributed by atoms with E-state index in [2.05, 4.69) is 4.72 Å². The van der Waals surface area contributed by atoms with Crippen LogP contribution in [0.1, 0.15) is 19.3 Å². The van der Waals surface area contributed by atoms with Gasteiger partial charge in [0.05, 0.1) is 11.5 Å². The van der Waals surface area contributed by atoms with Gasteiger partial charge in [-0.1, -0.05) is 0 Å². The molecule has 0 aromatic rings. The van der Waals surface area contributed by atoms with Crippen molar-refractivity contribution in [1.82, 2.24) is 4.72 Å². The number of rotatable bonds is 6. The molecule has 17 heavy (non-hydrogen) atoms. The van der Waals surface area contributed by atoms with E-state index in [1.165, 1.54) is 0 Å². The minimum Gasteiger partial charge on any atom is -0.480 e. The van der Waals surface area contributed by atoms with Gasteiger partial charge in [-0.25, -0.2) is 16.8 Å². The number of sulfone groups is 1. The molecule has 1 saturated carbocycles. The Morgan fingerprint density at radius 3 is 2.06 bits per heavy atom. The molecule has 1 aliphatic carbocycles. The fourth-order valence-corrected chi connectivity index (χ4v) is 4.58. The molecule has 0 bridgehead atoms. The van der Waals surface area contributed by atoms with Crippen molar-refractivity contribution in [1.29, 1.82) is 0 Å². The van der Waals surface area contributed by atoms with Crippen LogP contribution >= 0.6 is 0 Å². The van der Waals surface area contributed by atoms with Gasteiger partial charge in [0.15, 0.2) is 0 Å². The van der Waals surface area contributed by atoms with Crippen LogP contribution in [0.15, 0.2) is 0 Å². The zero-order valence-electron chi connectivity index (χ0n) is 9.34. The lowest BCUT2D eigenvalue weighted by Gasteiger charge is -2.37. The second kappa shape index (κ2) is 4.54. The zero-order chi connectivity index (χ0) is 13.3. The summed E-state index contributed by atoms with van der Waals surface area (Å²) in [7, 11) is -7.28. The maximum atomic E-state index is 11.6. The van der Waals surface area contributed by atoms with Gasteiger partial charge in [0.2, 0.25) is 10.0 Å². The second-order valence-corrected chi connectivity index (χ2v) is 8.39. The molecule has 100 valence electrons. The van der Waals surface area contributed by atoms with E-state index in [1.54, 1.807) is 0 Å². The average molecular weight is 285 g/mol. The molecule has 1 rings (SSSR count). The highest BCUT2D eigenvalue weighted by molar-refractivity contribution is 7.93. The standard InChI is InChI=1S/C8H15NO6S2/c1-16(12,13)5-6-17(14,15)9-8(7(10)11)3-2-4-8/h9H,2-6H2,1H3,(H,10,11). The van der Waals surface area contributed by atoms with Crippen LogP contribution in [0.5, 0.6) is 0 Å². The number of carboxylic acids is 1. The van der Waals surface area contributed by atoms with E-state index in [0.29, 0.717) is 6.42 Å². The van der Waals surface area contributed by atoms with Crippen molar-refractivity contribution in [2.45, 2.75) is 24.8 Å². The summed E-state index contributed by atoms with van der Waals surface area (Å²) in [4.78, 5) is 10.9. The third-order valence-corrected chi connectivity index (χ3v) is 5.34. The lowest BCUT2D eigenvalue weighted by atomic mass is 9.78. The summed E-state index contributed by atoms with van der Waals surface area (Å²) in [6, 6.07) is 0. The molecule has 0 aliphatic heterocycles. The van der Waals surface area contributed by atoms with Gasteiger partial charge in [-0.2, -0.15) is 4.72 Å². The molecule has 7 nitrogen and oxygen atoms in total. The molecule has 1 aliphatic rings. The maximum Gasteiger partial charge on any atom is 0.324 e. The van der Waals surface area contributed by atoms with Crippen LogP contribution in [0.4, 0.5) is 0 Å². The van der Waals surface area contributed by atoms with Crippen molar-refractivity contribution in [3.8, 4) is 0 Å². The molecule has 0 amide bonds. The fourth-order valence-electron chi connectivity index (χ4n) is 1.50. The van der Waals surface area contributed by atoms with Crippen molar-refractivity contribution < 1.29 is 26.7 Å². The molecule has 0 aromatic carbocycles. The highest BCUT2D eigenvalue weighted by Crippen LogP contribution is 2.32. The van der Waals surface area contributed by atoms with E-state index in [9.17, 15) is 21.6 Å².